The van der Waals surface area contributed by atoms with Crippen LogP contribution in [0, 0.1) is 6.07 Å². The number of methoxy groups -OCH3 is 1. The Kier molecular flexibility index (Phi) is 2.55. The second-order valence-corrected chi connectivity index (χ2v) is 2.84. The minimum Gasteiger partial charge on any atom is -0.380 e. The molecule has 71 valence electrons. The molecule has 0 amide bonds. The molecule has 0 saturated carbocycles. The van der Waals surface area contributed by atoms with E-state index >= 15 is 0 Å². The first-order chi connectivity index (χ1) is 6.90. The van der Waals surface area contributed by atoms with Gasteiger partial charge in [-0.25, -0.2) is 9.67 Å². The Morgan fingerprint density at radius 2 is 2.50 bits per heavy atom. The third-order valence-electron chi connectivity index (χ3n) is 1.81. The summed E-state index contributed by atoms with van der Waals surface area (Å²) in [5.74, 6) is 0.779. The lowest BCUT2D eigenvalue weighted by molar-refractivity contribution is 0.185. The highest BCUT2D eigenvalue weighted by atomic mass is 16.5. The van der Waals surface area contributed by atoms with Gasteiger partial charge in [-0.3, -0.25) is 0 Å². The second kappa shape index (κ2) is 4.02. The fraction of sp³-hybridized carbons (Fsp3) is 0.200. The zero-order valence-corrected chi connectivity index (χ0v) is 7.84. The van der Waals surface area contributed by atoms with Crippen molar-refractivity contribution in [3.63, 3.8) is 0 Å². The zero-order valence-electron chi connectivity index (χ0n) is 7.84. The van der Waals surface area contributed by atoms with Gasteiger partial charge >= 0.3 is 0 Å². The van der Waals surface area contributed by atoms with E-state index in [-0.39, 0.29) is 0 Å². The Hall–Kier alpha value is -1.68. The van der Waals surface area contributed by atoms with Crippen LogP contribution in [0.15, 0.2) is 30.7 Å². The number of hydrogen-bond acceptors (Lipinski definition) is 3. The maximum atomic E-state index is 5.03. The van der Waals surface area contributed by atoms with Crippen LogP contribution < -0.4 is 0 Å². The number of ether oxygens (including phenoxy) is 1. The van der Waals surface area contributed by atoms with Crippen molar-refractivity contribution in [3.8, 4) is 5.82 Å². The van der Waals surface area contributed by atoms with E-state index < -0.39 is 0 Å². The van der Waals surface area contributed by atoms with Crippen LogP contribution >= 0.6 is 0 Å². The zero-order chi connectivity index (χ0) is 9.80. The van der Waals surface area contributed by atoms with E-state index in [1.54, 1.807) is 30.4 Å². The predicted molar refractivity (Wildman–Crippen MR) is 50.9 cm³/mol. The van der Waals surface area contributed by atoms with Crippen molar-refractivity contribution < 1.29 is 4.74 Å². The van der Waals surface area contributed by atoms with E-state index in [2.05, 4.69) is 16.1 Å². The Morgan fingerprint density at radius 3 is 3.21 bits per heavy atom. The van der Waals surface area contributed by atoms with Crippen molar-refractivity contribution in [3.05, 3.63) is 42.4 Å². The molecule has 2 aromatic heterocycles. The van der Waals surface area contributed by atoms with E-state index in [4.69, 9.17) is 4.74 Å². The number of hydrogen-bond donors (Lipinski definition) is 0. The lowest BCUT2D eigenvalue weighted by Gasteiger charge is -2.02. The summed E-state index contributed by atoms with van der Waals surface area (Å²) in [7, 11) is 1.67. The van der Waals surface area contributed by atoms with Crippen molar-refractivity contribution >= 4 is 0 Å². The third-order valence-corrected chi connectivity index (χ3v) is 1.81. The Morgan fingerprint density at radius 1 is 1.57 bits per heavy atom. The molecule has 4 nitrogen and oxygen atoms in total. The first-order valence-electron chi connectivity index (χ1n) is 4.25. The number of rotatable bonds is 3. The molecule has 0 bridgehead atoms. The van der Waals surface area contributed by atoms with Gasteiger partial charge in [-0.15, -0.1) is 0 Å². The molecule has 0 atom stereocenters. The molecule has 2 heterocycles. The van der Waals surface area contributed by atoms with Gasteiger partial charge in [0.15, 0.2) is 5.82 Å². The molecule has 2 aromatic rings. The average Bonchev–Trinajstić information content (AvgIpc) is 2.71. The maximum Gasteiger partial charge on any atom is 0.153 e. The van der Waals surface area contributed by atoms with E-state index in [1.165, 1.54) is 0 Å². The van der Waals surface area contributed by atoms with Crippen molar-refractivity contribution in [1.29, 1.82) is 0 Å². The highest BCUT2D eigenvalue weighted by molar-refractivity contribution is 5.26. The van der Waals surface area contributed by atoms with Crippen LogP contribution in [0.4, 0.5) is 0 Å². The second-order valence-electron chi connectivity index (χ2n) is 2.84. The fourth-order valence-electron chi connectivity index (χ4n) is 1.20. The van der Waals surface area contributed by atoms with Gasteiger partial charge in [-0.05, 0) is 17.7 Å². The summed E-state index contributed by atoms with van der Waals surface area (Å²) >= 11 is 0. The van der Waals surface area contributed by atoms with Gasteiger partial charge in [-0.1, -0.05) is 0 Å². The molecule has 0 N–H and O–H groups in total. The monoisotopic (exact) mass is 188 g/mol. The highest BCUT2D eigenvalue weighted by Gasteiger charge is 1.98. The summed E-state index contributed by atoms with van der Waals surface area (Å²) in [4.78, 5) is 4.19. The van der Waals surface area contributed by atoms with Crippen LogP contribution in [-0.2, 0) is 11.3 Å². The molecular weight excluding hydrogens is 178 g/mol. The van der Waals surface area contributed by atoms with Crippen molar-refractivity contribution in [2.24, 2.45) is 0 Å². The standard InChI is InChI=1S/C10H10N3O/c1-14-8-9-3-5-11-10(7-9)13-6-2-4-12-13/h3-7H,8H2,1H3. The number of aromatic nitrogens is 3. The topological polar surface area (TPSA) is 39.9 Å². The van der Waals surface area contributed by atoms with Gasteiger partial charge in [0.2, 0.25) is 0 Å². The largest absolute Gasteiger partial charge is 0.380 e. The Labute approximate surface area is 82.2 Å². The van der Waals surface area contributed by atoms with Crippen molar-refractivity contribution in [2.45, 2.75) is 6.61 Å². The summed E-state index contributed by atoms with van der Waals surface area (Å²) < 4.78 is 6.70. The van der Waals surface area contributed by atoms with Crippen molar-refractivity contribution in [1.82, 2.24) is 14.8 Å². The quantitative estimate of drug-likeness (QED) is 0.727. The molecule has 1 radical (unpaired) electrons. The molecule has 0 aromatic carbocycles. The van der Waals surface area contributed by atoms with E-state index in [9.17, 15) is 0 Å². The highest BCUT2D eigenvalue weighted by Crippen LogP contribution is 2.06. The summed E-state index contributed by atoms with van der Waals surface area (Å²) in [5.41, 5.74) is 1.08. The molecule has 14 heavy (non-hydrogen) atoms. The van der Waals surface area contributed by atoms with Crippen LogP contribution in [-0.4, -0.2) is 21.9 Å². The average molecular weight is 188 g/mol. The lowest BCUT2D eigenvalue weighted by Crippen LogP contribution is -1.99. The number of nitrogens with zero attached hydrogens (tertiary/aromatic N) is 3. The molecule has 0 aliphatic rings. The van der Waals surface area contributed by atoms with E-state index in [0.717, 1.165) is 11.4 Å². The molecule has 4 heteroatoms. The number of pyridine rings is 1. The molecular formula is C10H10N3O. The van der Waals surface area contributed by atoms with Crippen LogP contribution in [0.5, 0.6) is 0 Å². The first-order valence-corrected chi connectivity index (χ1v) is 4.25. The predicted octanol–water partition coefficient (Wildman–Crippen LogP) is 1.21. The van der Waals surface area contributed by atoms with Gasteiger partial charge in [0.25, 0.3) is 0 Å². The molecule has 0 spiro atoms. The molecule has 0 fully saturated rings. The summed E-state index contributed by atoms with van der Waals surface area (Å²) in [5, 5.41) is 4.05. The maximum absolute atomic E-state index is 5.03. The molecule has 0 aliphatic carbocycles. The Balaban J connectivity index is 2.31. The van der Waals surface area contributed by atoms with Gasteiger partial charge < -0.3 is 4.74 Å². The minimum atomic E-state index is 0.584. The van der Waals surface area contributed by atoms with Crippen LogP contribution in [0.3, 0.4) is 0 Å². The van der Waals surface area contributed by atoms with Crippen LogP contribution in [0.1, 0.15) is 5.56 Å². The normalized spacial score (nSPS) is 10.4. The summed E-state index contributed by atoms with van der Waals surface area (Å²) in [6.45, 7) is 0.584. The molecule has 2 rings (SSSR count). The van der Waals surface area contributed by atoms with Crippen molar-refractivity contribution in [2.75, 3.05) is 7.11 Å². The summed E-state index contributed by atoms with van der Waals surface area (Å²) in [6.07, 6.45) is 5.08. The van der Waals surface area contributed by atoms with Crippen LogP contribution in [0.25, 0.3) is 5.82 Å². The van der Waals surface area contributed by atoms with Gasteiger partial charge in [0.05, 0.1) is 12.8 Å². The summed E-state index contributed by atoms with van der Waals surface area (Å²) in [6, 6.07) is 6.71. The molecule has 0 unspecified atom stereocenters. The van der Waals surface area contributed by atoms with E-state index in [1.807, 2.05) is 12.1 Å². The van der Waals surface area contributed by atoms with Gasteiger partial charge in [-0.2, -0.15) is 5.10 Å². The lowest BCUT2D eigenvalue weighted by atomic mass is 10.3. The smallest absolute Gasteiger partial charge is 0.153 e. The molecule has 0 aliphatic heterocycles. The van der Waals surface area contributed by atoms with Gasteiger partial charge in [0.1, 0.15) is 0 Å². The molecule has 0 saturated heterocycles. The van der Waals surface area contributed by atoms with E-state index in [0.29, 0.717) is 6.61 Å². The SMILES string of the molecule is COCc1ccnc(-n2c[c]cn2)c1. The third kappa shape index (κ3) is 1.80. The Bertz CT molecular complexity index is 398. The van der Waals surface area contributed by atoms with Crippen LogP contribution in [0.2, 0.25) is 0 Å². The minimum absolute atomic E-state index is 0.584. The van der Waals surface area contributed by atoms with Gasteiger partial charge in [0, 0.05) is 25.6 Å². The first kappa shape index (κ1) is 8.90. The fourth-order valence-corrected chi connectivity index (χ4v) is 1.20.